The SMILES string of the molecule is O=c1[nH]c(/C=C\c2cccc(OCc3ccccc3F)c2)nc(O)c1[N+](=O)[O-]. The van der Waals surface area contributed by atoms with Crippen molar-refractivity contribution in [2.24, 2.45) is 0 Å². The van der Waals surface area contributed by atoms with Crippen LogP contribution in [0.2, 0.25) is 0 Å². The Bertz CT molecular complexity index is 1110. The number of H-pyrrole nitrogens is 1. The lowest BCUT2D eigenvalue weighted by Crippen LogP contribution is -2.14. The van der Waals surface area contributed by atoms with E-state index in [4.69, 9.17) is 4.74 Å². The normalized spacial score (nSPS) is 10.9. The number of halogens is 1. The lowest BCUT2D eigenvalue weighted by molar-refractivity contribution is -0.387. The van der Waals surface area contributed by atoms with Crippen LogP contribution in [0.5, 0.6) is 11.6 Å². The number of aromatic hydroxyl groups is 1. The number of hydrogen-bond acceptors (Lipinski definition) is 6. The molecule has 0 aliphatic rings. The molecular weight excluding hydrogens is 369 g/mol. The number of aromatic nitrogens is 2. The number of aromatic amines is 1. The molecule has 142 valence electrons. The van der Waals surface area contributed by atoms with E-state index in [1.807, 2.05) is 0 Å². The monoisotopic (exact) mass is 383 g/mol. The highest BCUT2D eigenvalue weighted by Crippen LogP contribution is 2.19. The topological polar surface area (TPSA) is 118 Å². The Balaban J connectivity index is 1.75. The minimum Gasteiger partial charge on any atom is -0.489 e. The van der Waals surface area contributed by atoms with Crippen molar-refractivity contribution in [1.82, 2.24) is 9.97 Å². The zero-order chi connectivity index (χ0) is 20.1. The van der Waals surface area contributed by atoms with Crippen LogP contribution in [0.25, 0.3) is 12.2 Å². The Labute approximate surface area is 157 Å². The summed E-state index contributed by atoms with van der Waals surface area (Å²) < 4.78 is 19.2. The average molecular weight is 383 g/mol. The summed E-state index contributed by atoms with van der Waals surface area (Å²) in [5, 5.41) is 20.2. The van der Waals surface area contributed by atoms with Crippen molar-refractivity contribution in [2.45, 2.75) is 6.61 Å². The van der Waals surface area contributed by atoms with Gasteiger partial charge in [0.2, 0.25) is 0 Å². The second kappa shape index (κ2) is 8.12. The minimum atomic E-state index is -1.06. The van der Waals surface area contributed by atoms with Gasteiger partial charge in [-0.15, -0.1) is 0 Å². The number of nitro groups is 1. The Hall–Kier alpha value is -4.01. The number of nitrogens with zero attached hydrogens (tertiary/aromatic N) is 2. The first kappa shape index (κ1) is 18.8. The van der Waals surface area contributed by atoms with Gasteiger partial charge in [-0.25, -0.2) is 4.39 Å². The van der Waals surface area contributed by atoms with E-state index in [9.17, 15) is 24.4 Å². The fourth-order valence-corrected chi connectivity index (χ4v) is 2.38. The van der Waals surface area contributed by atoms with Crippen molar-refractivity contribution >= 4 is 17.8 Å². The van der Waals surface area contributed by atoms with Crippen LogP contribution < -0.4 is 10.3 Å². The van der Waals surface area contributed by atoms with Gasteiger partial charge in [0, 0.05) is 5.56 Å². The van der Waals surface area contributed by atoms with Crippen molar-refractivity contribution in [2.75, 3.05) is 0 Å². The summed E-state index contributed by atoms with van der Waals surface area (Å²) in [5.74, 6) is -0.869. The summed E-state index contributed by atoms with van der Waals surface area (Å²) in [6.07, 6.45) is 2.94. The van der Waals surface area contributed by atoms with Crippen LogP contribution in [0.4, 0.5) is 10.1 Å². The number of benzene rings is 2. The third-order valence-electron chi connectivity index (χ3n) is 3.72. The molecule has 0 aliphatic heterocycles. The third-order valence-corrected chi connectivity index (χ3v) is 3.72. The van der Waals surface area contributed by atoms with E-state index >= 15 is 0 Å². The van der Waals surface area contributed by atoms with Gasteiger partial charge in [0.05, 0.1) is 4.92 Å². The van der Waals surface area contributed by atoms with Gasteiger partial charge >= 0.3 is 11.2 Å². The molecule has 0 radical (unpaired) electrons. The quantitative estimate of drug-likeness (QED) is 0.498. The molecule has 8 nitrogen and oxygen atoms in total. The van der Waals surface area contributed by atoms with Crippen LogP contribution in [0, 0.1) is 15.9 Å². The summed E-state index contributed by atoms with van der Waals surface area (Å²) >= 11 is 0. The van der Waals surface area contributed by atoms with Gasteiger partial charge in [0.25, 0.3) is 5.88 Å². The number of nitrogens with one attached hydrogen (secondary N) is 1. The summed E-state index contributed by atoms with van der Waals surface area (Å²) in [7, 11) is 0. The van der Waals surface area contributed by atoms with Crippen LogP contribution >= 0.6 is 0 Å². The van der Waals surface area contributed by atoms with Crippen LogP contribution in [-0.4, -0.2) is 20.0 Å². The van der Waals surface area contributed by atoms with Crippen molar-refractivity contribution < 1.29 is 19.2 Å². The average Bonchev–Trinajstić information content (AvgIpc) is 2.65. The van der Waals surface area contributed by atoms with Crippen LogP contribution in [-0.2, 0) is 6.61 Å². The molecule has 1 aromatic heterocycles. The smallest absolute Gasteiger partial charge is 0.395 e. The largest absolute Gasteiger partial charge is 0.489 e. The number of rotatable bonds is 6. The summed E-state index contributed by atoms with van der Waals surface area (Å²) in [5.41, 5.74) is -0.974. The molecule has 2 aromatic carbocycles. The third kappa shape index (κ3) is 4.39. The molecular formula is C19H14FN3O5. The van der Waals surface area contributed by atoms with E-state index < -0.39 is 22.0 Å². The molecule has 28 heavy (non-hydrogen) atoms. The second-order valence-electron chi connectivity index (χ2n) is 5.67. The first-order valence-corrected chi connectivity index (χ1v) is 8.06. The lowest BCUT2D eigenvalue weighted by atomic mass is 10.2. The van der Waals surface area contributed by atoms with E-state index in [-0.39, 0.29) is 18.2 Å². The Morgan fingerprint density at radius 3 is 2.71 bits per heavy atom. The van der Waals surface area contributed by atoms with Gasteiger partial charge in [-0.3, -0.25) is 14.9 Å². The summed E-state index contributed by atoms with van der Waals surface area (Å²) in [6.45, 7) is 0.0605. The van der Waals surface area contributed by atoms with E-state index in [1.54, 1.807) is 48.5 Å². The van der Waals surface area contributed by atoms with Gasteiger partial charge in [-0.05, 0) is 29.8 Å². The van der Waals surface area contributed by atoms with Crippen LogP contribution in [0.15, 0.2) is 53.3 Å². The highest BCUT2D eigenvalue weighted by atomic mass is 19.1. The Kier molecular flexibility index (Phi) is 5.45. The zero-order valence-electron chi connectivity index (χ0n) is 14.3. The second-order valence-corrected chi connectivity index (χ2v) is 5.67. The molecule has 0 fully saturated rings. The maximum absolute atomic E-state index is 13.6. The highest BCUT2D eigenvalue weighted by molar-refractivity contribution is 5.67. The van der Waals surface area contributed by atoms with E-state index in [0.717, 1.165) is 0 Å². The fraction of sp³-hybridized carbons (Fsp3) is 0.0526. The molecule has 0 saturated heterocycles. The molecule has 9 heteroatoms. The first-order valence-electron chi connectivity index (χ1n) is 8.06. The van der Waals surface area contributed by atoms with Crippen molar-refractivity contribution in [3.05, 3.63) is 91.8 Å². The van der Waals surface area contributed by atoms with Gasteiger partial charge in [0.15, 0.2) is 0 Å². The van der Waals surface area contributed by atoms with Crippen LogP contribution in [0.1, 0.15) is 17.0 Å². The highest BCUT2D eigenvalue weighted by Gasteiger charge is 2.21. The predicted octanol–water partition coefficient (Wildman–Crippen LogP) is 3.27. The molecule has 0 aliphatic carbocycles. The van der Waals surface area contributed by atoms with E-state index in [1.165, 1.54) is 12.1 Å². The molecule has 0 unspecified atom stereocenters. The van der Waals surface area contributed by atoms with Crippen molar-refractivity contribution in [3.8, 4) is 11.6 Å². The maximum atomic E-state index is 13.6. The minimum absolute atomic E-state index is 0.0502. The molecule has 3 rings (SSSR count). The molecule has 0 saturated carbocycles. The van der Waals surface area contributed by atoms with Gasteiger partial charge in [-0.2, -0.15) is 4.98 Å². The number of hydrogen-bond donors (Lipinski definition) is 2. The van der Waals surface area contributed by atoms with Gasteiger partial charge in [0.1, 0.15) is 24.0 Å². The predicted molar refractivity (Wildman–Crippen MR) is 99.3 cm³/mol. The zero-order valence-corrected chi connectivity index (χ0v) is 14.3. The van der Waals surface area contributed by atoms with Gasteiger partial charge in [-0.1, -0.05) is 36.4 Å². The summed E-state index contributed by atoms with van der Waals surface area (Å²) in [4.78, 5) is 27.1. The molecule has 0 atom stereocenters. The Morgan fingerprint density at radius 1 is 1.21 bits per heavy atom. The molecule has 1 heterocycles. The Morgan fingerprint density at radius 2 is 2.00 bits per heavy atom. The van der Waals surface area contributed by atoms with Gasteiger partial charge < -0.3 is 14.8 Å². The molecule has 2 N–H and O–H groups in total. The number of ether oxygens (including phenoxy) is 1. The van der Waals surface area contributed by atoms with Crippen molar-refractivity contribution in [1.29, 1.82) is 0 Å². The van der Waals surface area contributed by atoms with E-state index in [2.05, 4.69) is 9.97 Å². The van der Waals surface area contributed by atoms with E-state index in [0.29, 0.717) is 16.9 Å². The molecule has 0 bridgehead atoms. The maximum Gasteiger partial charge on any atom is 0.395 e. The molecule has 0 spiro atoms. The standard InChI is InChI=1S/C19H14FN3O5/c20-15-7-2-1-5-13(15)11-28-14-6-3-4-12(10-14)8-9-16-21-18(24)17(23(26)27)19(25)22-16/h1-10H,11H2,(H2,21,22,24,25)/b9-8-. The van der Waals surface area contributed by atoms with Crippen LogP contribution in [0.3, 0.4) is 0 Å². The lowest BCUT2D eigenvalue weighted by Gasteiger charge is -2.07. The fourth-order valence-electron chi connectivity index (χ4n) is 2.38. The molecule has 0 amide bonds. The summed E-state index contributed by atoms with van der Waals surface area (Å²) in [6, 6.07) is 13.1. The first-order chi connectivity index (χ1) is 13.4. The van der Waals surface area contributed by atoms with Crippen molar-refractivity contribution in [3.63, 3.8) is 0 Å². The molecule has 3 aromatic rings.